The monoisotopic (exact) mass is 246 g/mol. The van der Waals surface area contributed by atoms with E-state index in [9.17, 15) is 9.18 Å². The zero-order chi connectivity index (χ0) is 10.0. The highest BCUT2D eigenvalue weighted by Gasteiger charge is 2.10. The molecular formula is C9H8BrFO2. The zero-order valence-corrected chi connectivity index (χ0v) is 8.51. The van der Waals surface area contributed by atoms with Crippen molar-refractivity contribution in [2.45, 2.75) is 11.8 Å². The van der Waals surface area contributed by atoms with Gasteiger partial charge in [0.1, 0.15) is 5.82 Å². The van der Waals surface area contributed by atoms with Crippen molar-refractivity contribution in [2.24, 2.45) is 0 Å². The molecule has 1 unspecified atom stereocenters. The van der Waals surface area contributed by atoms with Gasteiger partial charge in [0.2, 0.25) is 0 Å². The molecule has 4 heteroatoms. The molecule has 1 atom stereocenters. The molecular weight excluding hydrogens is 239 g/mol. The van der Waals surface area contributed by atoms with Gasteiger partial charge in [0.05, 0.1) is 5.56 Å². The summed E-state index contributed by atoms with van der Waals surface area (Å²) in [6.45, 7) is 1.78. The third-order valence-electron chi connectivity index (χ3n) is 1.68. The van der Waals surface area contributed by atoms with Crippen molar-refractivity contribution < 1.29 is 14.3 Å². The summed E-state index contributed by atoms with van der Waals surface area (Å²) in [5, 5.41) is 8.56. The van der Waals surface area contributed by atoms with E-state index >= 15 is 0 Å². The van der Waals surface area contributed by atoms with Gasteiger partial charge in [-0.15, -0.1) is 0 Å². The van der Waals surface area contributed by atoms with Gasteiger partial charge in [-0.3, -0.25) is 0 Å². The number of alkyl halides is 1. The van der Waals surface area contributed by atoms with Crippen LogP contribution in [0.4, 0.5) is 4.39 Å². The summed E-state index contributed by atoms with van der Waals surface area (Å²) < 4.78 is 13.2. The molecule has 0 aliphatic heterocycles. The first-order chi connectivity index (χ1) is 6.02. The normalized spacial score (nSPS) is 12.5. The Balaban J connectivity index is 3.13. The number of halogens is 2. The molecule has 1 aromatic rings. The number of carboxylic acid groups (broad SMARTS) is 1. The smallest absolute Gasteiger partial charge is 0.335 e. The first kappa shape index (κ1) is 10.2. The lowest BCUT2D eigenvalue weighted by Crippen LogP contribution is -1.99. The summed E-state index contributed by atoms with van der Waals surface area (Å²) >= 11 is 3.21. The fraction of sp³-hybridized carbons (Fsp3) is 0.222. The Hall–Kier alpha value is -0.900. The van der Waals surface area contributed by atoms with Crippen molar-refractivity contribution in [3.63, 3.8) is 0 Å². The predicted octanol–water partition coefficient (Wildman–Crippen LogP) is 2.98. The van der Waals surface area contributed by atoms with Crippen molar-refractivity contribution in [1.29, 1.82) is 0 Å². The van der Waals surface area contributed by atoms with Crippen LogP contribution in [0.25, 0.3) is 0 Å². The Morgan fingerprint density at radius 3 is 2.62 bits per heavy atom. The summed E-state index contributed by atoms with van der Waals surface area (Å²) in [5.74, 6) is -1.61. The van der Waals surface area contributed by atoms with Crippen LogP contribution in [0, 0.1) is 5.82 Å². The molecule has 0 saturated heterocycles. The summed E-state index contributed by atoms with van der Waals surface area (Å²) in [4.78, 5) is 10.3. The van der Waals surface area contributed by atoms with E-state index in [4.69, 9.17) is 5.11 Å². The molecule has 0 bridgehead atoms. The molecule has 1 aromatic carbocycles. The lowest BCUT2D eigenvalue weighted by molar-refractivity contribution is 0.0696. The molecule has 0 heterocycles. The molecule has 0 aromatic heterocycles. The molecule has 0 amide bonds. The van der Waals surface area contributed by atoms with Crippen molar-refractivity contribution in [3.05, 3.63) is 35.1 Å². The van der Waals surface area contributed by atoms with Crippen LogP contribution in [-0.2, 0) is 0 Å². The van der Waals surface area contributed by atoms with Crippen molar-refractivity contribution in [1.82, 2.24) is 0 Å². The van der Waals surface area contributed by atoms with E-state index in [0.717, 1.165) is 6.07 Å². The number of hydrogen-bond acceptors (Lipinski definition) is 1. The Kier molecular flexibility index (Phi) is 3.03. The van der Waals surface area contributed by atoms with E-state index in [0.29, 0.717) is 5.56 Å². The van der Waals surface area contributed by atoms with Crippen LogP contribution in [0.15, 0.2) is 18.2 Å². The van der Waals surface area contributed by atoms with Gasteiger partial charge in [0.25, 0.3) is 0 Å². The molecule has 0 saturated carbocycles. The van der Waals surface area contributed by atoms with Crippen LogP contribution >= 0.6 is 15.9 Å². The molecule has 70 valence electrons. The molecule has 0 radical (unpaired) electrons. The summed E-state index contributed by atoms with van der Waals surface area (Å²) in [7, 11) is 0. The maximum atomic E-state index is 13.2. The molecule has 0 spiro atoms. The van der Waals surface area contributed by atoms with Gasteiger partial charge < -0.3 is 5.11 Å². The maximum Gasteiger partial charge on any atom is 0.335 e. The highest BCUT2D eigenvalue weighted by atomic mass is 79.9. The van der Waals surface area contributed by atoms with Crippen LogP contribution in [0.5, 0.6) is 0 Å². The molecule has 2 nitrogen and oxygen atoms in total. The van der Waals surface area contributed by atoms with Gasteiger partial charge in [0, 0.05) is 10.4 Å². The van der Waals surface area contributed by atoms with E-state index in [1.54, 1.807) is 6.92 Å². The SMILES string of the molecule is CC(Br)c1ccc(C(=O)O)cc1F. The number of aromatic carboxylic acids is 1. The quantitative estimate of drug-likeness (QED) is 0.815. The van der Waals surface area contributed by atoms with E-state index in [1.807, 2.05) is 0 Å². The predicted molar refractivity (Wildman–Crippen MR) is 50.7 cm³/mol. The number of carbonyl (C=O) groups is 1. The number of rotatable bonds is 2. The summed E-state index contributed by atoms with van der Waals surface area (Å²) in [5.41, 5.74) is 0.430. The lowest BCUT2D eigenvalue weighted by atomic mass is 10.1. The third kappa shape index (κ3) is 2.28. The van der Waals surface area contributed by atoms with Crippen LogP contribution in [0.1, 0.15) is 27.7 Å². The Labute approximate surface area is 83.5 Å². The molecule has 1 rings (SSSR count). The van der Waals surface area contributed by atoms with Gasteiger partial charge in [0.15, 0.2) is 0 Å². The minimum Gasteiger partial charge on any atom is -0.478 e. The Morgan fingerprint density at radius 1 is 1.62 bits per heavy atom. The molecule has 1 N–H and O–H groups in total. The fourth-order valence-electron chi connectivity index (χ4n) is 0.983. The van der Waals surface area contributed by atoms with Crippen molar-refractivity contribution in [2.75, 3.05) is 0 Å². The van der Waals surface area contributed by atoms with Crippen molar-refractivity contribution in [3.8, 4) is 0 Å². The number of benzene rings is 1. The molecule has 13 heavy (non-hydrogen) atoms. The van der Waals surface area contributed by atoms with E-state index in [1.165, 1.54) is 12.1 Å². The van der Waals surface area contributed by atoms with Crippen LogP contribution in [-0.4, -0.2) is 11.1 Å². The van der Waals surface area contributed by atoms with Crippen molar-refractivity contribution >= 4 is 21.9 Å². The van der Waals surface area contributed by atoms with Crippen LogP contribution in [0.3, 0.4) is 0 Å². The topological polar surface area (TPSA) is 37.3 Å². The standard InChI is InChI=1S/C9H8BrFO2/c1-5(10)7-3-2-6(9(12)13)4-8(7)11/h2-5H,1H3,(H,12,13). The molecule has 0 aliphatic rings. The second-order valence-corrected chi connectivity index (χ2v) is 4.03. The van der Waals surface area contributed by atoms with Gasteiger partial charge >= 0.3 is 5.97 Å². The second-order valence-electron chi connectivity index (χ2n) is 2.66. The first-order valence-electron chi connectivity index (χ1n) is 3.69. The van der Waals surface area contributed by atoms with Crippen LogP contribution < -0.4 is 0 Å². The summed E-state index contributed by atoms with van der Waals surface area (Å²) in [6, 6.07) is 3.88. The average molecular weight is 247 g/mol. The summed E-state index contributed by atoms with van der Waals surface area (Å²) in [6.07, 6.45) is 0. The second kappa shape index (κ2) is 3.87. The van der Waals surface area contributed by atoms with Gasteiger partial charge in [-0.1, -0.05) is 22.0 Å². The van der Waals surface area contributed by atoms with E-state index in [-0.39, 0.29) is 10.4 Å². The Bertz CT molecular complexity index is 336. The highest BCUT2D eigenvalue weighted by Crippen LogP contribution is 2.24. The van der Waals surface area contributed by atoms with Gasteiger partial charge in [-0.05, 0) is 19.1 Å². The van der Waals surface area contributed by atoms with Crippen LogP contribution in [0.2, 0.25) is 0 Å². The molecule has 0 fully saturated rings. The van der Waals surface area contributed by atoms with Gasteiger partial charge in [-0.2, -0.15) is 0 Å². The number of carboxylic acids is 1. The van der Waals surface area contributed by atoms with E-state index < -0.39 is 11.8 Å². The Morgan fingerprint density at radius 2 is 2.23 bits per heavy atom. The zero-order valence-electron chi connectivity index (χ0n) is 6.92. The van der Waals surface area contributed by atoms with Gasteiger partial charge in [-0.25, -0.2) is 9.18 Å². The maximum absolute atomic E-state index is 13.2. The highest BCUT2D eigenvalue weighted by molar-refractivity contribution is 9.09. The largest absolute Gasteiger partial charge is 0.478 e. The minimum absolute atomic E-state index is 0.0330. The lowest BCUT2D eigenvalue weighted by Gasteiger charge is -2.05. The number of hydrogen-bond donors (Lipinski definition) is 1. The minimum atomic E-state index is -1.12. The first-order valence-corrected chi connectivity index (χ1v) is 4.60. The third-order valence-corrected chi connectivity index (χ3v) is 2.17. The average Bonchev–Trinajstić information content (AvgIpc) is 2.03. The fourth-order valence-corrected chi connectivity index (χ4v) is 1.35. The molecule has 0 aliphatic carbocycles. The van der Waals surface area contributed by atoms with E-state index in [2.05, 4.69) is 15.9 Å².